The fourth-order valence-corrected chi connectivity index (χ4v) is 4.96. The lowest BCUT2D eigenvalue weighted by Crippen LogP contribution is -2.47. The number of hydrogen-bond acceptors (Lipinski definition) is 5. The minimum Gasteiger partial charge on any atom is -0.447 e. The summed E-state index contributed by atoms with van der Waals surface area (Å²) in [5.41, 5.74) is 0. The van der Waals surface area contributed by atoms with E-state index in [9.17, 15) is 0 Å². The molecule has 0 spiro atoms. The molecule has 2 rings (SSSR count). The van der Waals surface area contributed by atoms with Gasteiger partial charge in [-0.15, -0.1) is 0 Å². The number of fused-ring (bicyclic) bond motifs is 1. The standard InChI is InChI=1S/C32H58N2O3/c1-5-7-9-11-13-15-17-19-23-27-33(3)31-35-29-25-21-22-26-30(29)36-32(37-31)34(4)28-24-20-18-16-14-12-10-8-6-2/h21-22,25-26,31-32H,5-20,23-24,27-28H2,1-4H3. The van der Waals surface area contributed by atoms with Gasteiger partial charge in [0, 0.05) is 13.1 Å². The Hall–Kier alpha value is -1.30. The summed E-state index contributed by atoms with van der Waals surface area (Å²) in [6.07, 6.45) is 23.1. The summed E-state index contributed by atoms with van der Waals surface area (Å²) in [5.74, 6) is 1.51. The van der Waals surface area contributed by atoms with E-state index in [2.05, 4.69) is 37.7 Å². The second kappa shape index (κ2) is 20.6. The summed E-state index contributed by atoms with van der Waals surface area (Å²) in [5, 5.41) is 0. The molecule has 214 valence electrons. The molecule has 5 heteroatoms. The Morgan fingerprint density at radius 1 is 0.514 bits per heavy atom. The Morgan fingerprint density at radius 2 is 0.838 bits per heavy atom. The quantitative estimate of drug-likeness (QED) is 0.143. The van der Waals surface area contributed by atoms with Gasteiger partial charge in [0.2, 0.25) is 0 Å². The first-order valence-corrected chi connectivity index (χ1v) is 15.6. The molecular formula is C32H58N2O3. The van der Waals surface area contributed by atoms with Crippen LogP contribution in [0.4, 0.5) is 0 Å². The van der Waals surface area contributed by atoms with E-state index in [1.54, 1.807) is 0 Å². The van der Waals surface area contributed by atoms with Crippen molar-refractivity contribution in [3.05, 3.63) is 24.3 Å². The maximum Gasteiger partial charge on any atom is 0.266 e. The molecule has 1 heterocycles. The molecule has 1 aliphatic rings. The van der Waals surface area contributed by atoms with Crippen LogP contribution in [0.5, 0.6) is 11.5 Å². The van der Waals surface area contributed by atoms with Crippen LogP contribution in [0.15, 0.2) is 24.3 Å². The van der Waals surface area contributed by atoms with Crippen LogP contribution in [0, 0.1) is 0 Å². The molecule has 5 nitrogen and oxygen atoms in total. The monoisotopic (exact) mass is 518 g/mol. The van der Waals surface area contributed by atoms with Crippen LogP contribution >= 0.6 is 0 Å². The van der Waals surface area contributed by atoms with E-state index in [1.807, 2.05) is 24.3 Å². The Labute approximate surface area is 229 Å². The van der Waals surface area contributed by atoms with Crippen molar-refractivity contribution in [3.63, 3.8) is 0 Å². The lowest BCUT2D eigenvalue weighted by Gasteiger charge is -2.31. The summed E-state index contributed by atoms with van der Waals surface area (Å²) < 4.78 is 19.0. The van der Waals surface area contributed by atoms with Crippen molar-refractivity contribution in [3.8, 4) is 11.5 Å². The van der Waals surface area contributed by atoms with Gasteiger partial charge in [-0.3, -0.25) is 4.74 Å². The third-order valence-electron chi connectivity index (χ3n) is 7.49. The first kappa shape index (κ1) is 31.9. The van der Waals surface area contributed by atoms with E-state index >= 15 is 0 Å². The first-order chi connectivity index (χ1) is 18.2. The van der Waals surface area contributed by atoms with E-state index in [4.69, 9.17) is 14.2 Å². The van der Waals surface area contributed by atoms with Gasteiger partial charge < -0.3 is 9.47 Å². The fraction of sp³-hybridized carbons (Fsp3) is 0.812. The maximum absolute atomic E-state index is 6.39. The van der Waals surface area contributed by atoms with Crippen molar-refractivity contribution < 1.29 is 14.2 Å². The number of hydrogen-bond donors (Lipinski definition) is 0. The van der Waals surface area contributed by atoms with Crippen LogP contribution in [-0.4, -0.2) is 49.8 Å². The van der Waals surface area contributed by atoms with E-state index in [-0.39, 0.29) is 0 Å². The second-order valence-corrected chi connectivity index (χ2v) is 11.1. The molecule has 0 amide bonds. The van der Waals surface area contributed by atoms with Crippen LogP contribution in [0.2, 0.25) is 0 Å². The molecule has 1 aromatic carbocycles. The Kier molecular flexibility index (Phi) is 17.8. The maximum atomic E-state index is 6.39. The van der Waals surface area contributed by atoms with Crippen LogP contribution in [0.1, 0.15) is 129 Å². The number of nitrogens with zero attached hydrogens (tertiary/aromatic N) is 2. The highest BCUT2D eigenvalue weighted by molar-refractivity contribution is 5.39. The van der Waals surface area contributed by atoms with Gasteiger partial charge in [0.05, 0.1) is 0 Å². The molecule has 1 aliphatic heterocycles. The van der Waals surface area contributed by atoms with Crippen LogP contribution in [0.25, 0.3) is 0 Å². The Morgan fingerprint density at radius 3 is 1.19 bits per heavy atom. The summed E-state index contributed by atoms with van der Waals surface area (Å²) in [6, 6.07) is 7.93. The van der Waals surface area contributed by atoms with Gasteiger partial charge in [-0.1, -0.05) is 129 Å². The highest BCUT2D eigenvalue weighted by Crippen LogP contribution is 2.33. The zero-order chi connectivity index (χ0) is 26.6. The highest BCUT2D eigenvalue weighted by atomic mass is 16.8. The molecular weight excluding hydrogens is 460 g/mol. The molecule has 2 atom stereocenters. The second-order valence-electron chi connectivity index (χ2n) is 11.1. The number of rotatable bonds is 22. The third-order valence-corrected chi connectivity index (χ3v) is 7.49. The summed E-state index contributed by atoms with van der Waals surface area (Å²) in [4.78, 5) is 4.37. The first-order valence-electron chi connectivity index (χ1n) is 15.6. The zero-order valence-electron chi connectivity index (χ0n) is 24.7. The van der Waals surface area contributed by atoms with Gasteiger partial charge in [0.1, 0.15) is 0 Å². The average Bonchev–Trinajstić information content (AvgIpc) is 3.11. The Balaban J connectivity index is 1.73. The van der Waals surface area contributed by atoms with Crippen molar-refractivity contribution in [2.45, 2.75) is 142 Å². The SMILES string of the molecule is CCCCCCCCCCCN(C)C1Oc2ccccc2OC(N(C)CCCCCCCCCCC)O1. The van der Waals surface area contributed by atoms with Crippen molar-refractivity contribution in [2.75, 3.05) is 27.2 Å². The van der Waals surface area contributed by atoms with Crippen molar-refractivity contribution >= 4 is 0 Å². The predicted molar refractivity (Wildman–Crippen MR) is 156 cm³/mol. The molecule has 0 radical (unpaired) electrons. The number of benzene rings is 1. The van der Waals surface area contributed by atoms with E-state index in [0.717, 1.165) is 37.4 Å². The van der Waals surface area contributed by atoms with Crippen LogP contribution in [0.3, 0.4) is 0 Å². The van der Waals surface area contributed by atoms with Crippen molar-refractivity contribution in [2.24, 2.45) is 0 Å². The van der Waals surface area contributed by atoms with Gasteiger partial charge >= 0.3 is 0 Å². The molecule has 0 fully saturated rings. The average molecular weight is 519 g/mol. The molecule has 0 aliphatic carbocycles. The van der Waals surface area contributed by atoms with Gasteiger partial charge in [-0.25, -0.2) is 9.80 Å². The zero-order valence-corrected chi connectivity index (χ0v) is 24.7. The highest BCUT2D eigenvalue weighted by Gasteiger charge is 2.31. The molecule has 0 aromatic heterocycles. The Bertz CT molecular complexity index is 616. The van der Waals surface area contributed by atoms with E-state index < -0.39 is 12.8 Å². The van der Waals surface area contributed by atoms with Gasteiger partial charge in [-0.05, 0) is 39.1 Å². The lowest BCUT2D eigenvalue weighted by atomic mass is 10.1. The predicted octanol–water partition coefficient (Wildman–Crippen LogP) is 8.97. The van der Waals surface area contributed by atoms with Crippen molar-refractivity contribution in [1.29, 1.82) is 0 Å². The number of para-hydroxylation sites is 2. The summed E-state index contributed by atoms with van der Waals surface area (Å²) in [7, 11) is 4.20. The van der Waals surface area contributed by atoms with Crippen LogP contribution < -0.4 is 9.47 Å². The molecule has 0 saturated carbocycles. The summed E-state index contributed by atoms with van der Waals surface area (Å²) in [6.45, 7) is 6.47. The van der Waals surface area contributed by atoms with E-state index in [0.29, 0.717) is 0 Å². The smallest absolute Gasteiger partial charge is 0.266 e. The van der Waals surface area contributed by atoms with Gasteiger partial charge in [0.15, 0.2) is 11.5 Å². The largest absolute Gasteiger partial charge is 0.447 e. The molecule has 0 bridgehead atoms. The molecule has 2 unspecified atom stereocenters. The van der Waals surface area contributed by atoms with Crippen molar-refractivity contribution in [1.82, 2.24) is 9.80 Å². The van der Waals surface area contributed by atoms with E-state index in [1.165, 1.54) is 103 Å². The van der Waals surface area contributed by atoms with Crippen LogP contribution in [-0.2, 0) is 4.74 Å². The molecule has 1 aromatic rings. The minimum atomic E-state index is -0.451. The normalized spacial score (nSPS) is 17.5. The van der Waals surface area contributed by atoms with Gasteiger partial charge in [-0.2, -0.15) is 0 Å². The lowest BCUT2D eigenvalue weighted by molar-refractivity contribution is -0.268. The summed E-state index contributed by atoms with van der Waals surface area (Å²) >= 11 is 0. The molecule has 0 N–H and O–H groups in total. The fourth-order valence-electron chi connectivity index (χ4n) is 4.96. The minimum absolute atomic E-state index is 0.451. The molecule has 37 heavy (non-hydrogen) atoms. The topological polar surface area (TPSA) is 34.2 Å². The number of ether oxygens (including phenoxy) is 3. The third kappa shape index (κ3) is 13.9. The molecule has 0 saturated heterocycles. The van der Waals surface area contributed by atoms with Gasteiger partial charge in [0.25, 0.3) is 12.8 Å². The number of unbranched alkanes of at least 4 members (excludes halogenated alkanes) is 16.